The van der Waals surface area contributed by atoms with Crippen molar-refractivity contribution in [3.63, 3.8) is 0 Å². The molecule has 0 amide bonds. The molecule has 0 aliphatic rings. The summed E-state index contributed by atoms with van der Waals surface area (Å²) in [5.74, 6) is 0.628. The van der Waals surface area contributed by atoms with E-state index in [0.717, 1.165) is 5.52 Å². The molecule has 0 radical (unpaired) electrons. The van der Waals surface area contributed by atoms with Gasteiger partial charge in [-0.3, -0.25) is 0 Å². The fourth-order valence-electron chi connectivity index (χ4n) is 1.42. The van der Waals surface area contributed by atoms with Gasteiger partial charge in [-0.15, -0.1) is 0 Å². The maximum atomic E-state index is 8.71. The van der Waals surface area contributed by atoms with E-state index in [0.29, 0.717) is 11.5 Å². The lowest BCUT2D eigenvalue weighted by molar-refractivity contribution is 0.289. The van der Waals surface area contributed by atoms with Crippen LogP contribution >= 0.6 is 0 Å². The van der Waals surface area contributed by atoms with E-state index < -0.39 is 7.32 Å². The largest absolute Gasteiger partial charge is 0.707 e. The summed E-state index contributed by atoms with van der Waals surface area (Å²) in [6.45, 7) is 0. The van der Waals surface area contributed by atoms with Gasteiger partial charge in [-0.25, -0.2) is 4.98 Å². The third-order valence-corrected chi connectivity index (χ3v) is 2.14. The summed E-state index contributed by atoms with van der Waals surface area (Å²) in [6.07, 6.45) is 0. The Kier molecular flexibility index (Phi) is 2.26. The topological polar surface area (TPSA) is 93.5 Å². The van der Waals surface area contributed by atoms with Crippen LogP contribution in [0.2, 0.25) is 0 Å². The number of hydrogen-bond acceptors (Lipinski definition) is 5. The Hall–Kier alpha value is -1.73. The fraction of sp³-hybridized carbons (Fsp3) is 0.125. The zero-order chi connectivity index (χ0) is 11.0. The highest BCUT2D eigenvalue weighted by Gasteiger charge is 2.16. The van der Waals surface area contributed by atoms with Crippen LogP contribution in [-0.4, -0.2) is 26.9 Å². The Balaban J connectivity index is 2.61. The Bertz CT molecular complexity index is 497. The average Bonchev–Trinajstić information content (AvgIpc) is 2.45. The second-order valence-electron chi connectivity index (χ2n) is 3.10. The van der Waals surface area contributed by atoms with Gasteiger partial charge >= 0.3 is 7.32 Å². The number of hydrogen-bond donors (Lipinski definition) is 3. The molecule has 1 aromatic carbocycles. The third-order valence-electron chi connectivity index (χ3n) is 2.14. The second kappa shape index (κ2) is 3.45. The van der Waals surface area contributed by atoms with Crippen molar-refractivity contribution in [2.24, 2.45) is 7.05 Å². The molecule has 0 fully saturated rings. The molecule has 1 heterocycles. The molecule has 0 unspecified atom stereocenters. The molecule has 0 atom stereocenters. The smallest absolute Gasteiger partial charge is 0.510 e. The number of anilines is 1. The molecule has 1 aromatic heterocycles. The molecule has 4 N–H and O–H groups in total. The maximum absolute atomic E-state index is 8.71. The summed E-state index contributed by atoms with van der Waals surface area (Å²) in [7, 11) is -0.0945. The van der Waals surface area contributed by atoms with Gasteiger partial charge in [0.2, 0.25) is 5.95 Å². The number of nitrogens with two attached hydrogens (primary N) is 1. The number of fused-ring (bicyclic) bond motifs is 1. The number of nitrogens with zero attached hydrogens (tertiary/aromatic N) is 2. The standard InChI is InChI=1S/C8H10BN3O3/c1-12-5-3-2-4-6(15-9(13)14)7(5)11-8(12)10/h2-4,13-14H,1H3,(H2,10,11). The highest BCUT2D eigenvalue weighted by molar-refractivity contribution is 6.34. The van der Waals surface area contributed by atoms with Gasteiger partial charge in [-0.2, -0.15) is 0 Å². The molecule has 0 saturated heterocycles. The number of nitrogen functional groups attached to an aromatic ring is 1. The van der Waals surface area contributed by atoms with Crippen LogP contribution in [0.4, 0.5) is 5.95 Å². The lowest BCUT2D eigenvalue weighted by Crippen LogP contribution is -2.20. The highest BCUT2D eigenvalue weighted by Crippen LogP contribution is 2.26. The SMILES string of the molecule is Cn1c(N)nc2c(OB(O)O)cccc21. The Morgan fingerprint density at radius 2 is 2.20 bits per heavy atom. The molecule has 0 saturated carbocycles. The molecule has 6 nitrogen and oxygen atoms in total. The second-order valence-corrected chi connectivity index (χ2v) is 3.10. The predicted octanol–water partition coefficient (Wildman–Crippen LogP) is -0.496. The van der Waals surface area contributed by atoms with Crippen molar-refractivity contribution in [3.8, 4) is 5.75 Å². The number of aromatic nitrogens is 2. The minimum Gasteiger partial charge on any atom is -0.510 e. The first kappa shape index (κ1) is 9.82. The molecule has 15 heavy (non-hydrogen) atoms. The number of imidazole rings is 1. The van der Waals surface area contributed by atoms with Crippen molar-refractivity contribution >= 4 is 24.3 Å². The van der Waals surface area contributed by atoms with Gasteiger partial charge in [0, 0.05) is 7.05 Å². The monoisotopic (exact) mass is 207 g/mol. The molecule has 7 heteroatoms. The van der Waals surface area contributed by atoms with Gasteiger partial charge < -0.3 is 25.0 Å². The van der Waals surface area contributed by atoms with E-state index in [4.69, 9.17) is 20.4 Å². The van der Waals surface area contributed by atoms with E-state index in [2.05, 4.69) is 4.98 Å². The first-order chi connectivity index (χ1) is 7.09. The van der Waals surface area contributed by atoms with Gasteiger partial charge in [0.1, 0.15) is 11.3 Å². The lowest BCUT2D eigenvalue weighted by atomic mass is 10.2. The number of para-hydroxylation sites is 1. The Morgan fingerprint density at radius 1 is 1.47 bits per heavy atom. The van der Waals surface area contributed by atoms with Crippen LogP contribution in [0.5, 0.6) is 5.75 Å². The van der Waals surface area contributed by atoms with Crippen LogP contribution in [0, 0.1) is 0 Å². The van der Waals surface area contributed by atoms with Crippen LogP contribution in [0.1, 0.15) is 0 Å². The zero-order valence-corrected chi connectivity index (χ0v) is 8.08. The van der Waals surface area contributed by atoms with E-state index in [-0.39, 0.29) is 5.75 Å². The average molecular weight is 207 g/mol. The van der Waals surface area contributed by atoms with E-state index in [9.17, 15) is 0 Å². The highest BCUT2D eigenvalue weighted by atomic mass is 16.6. The van der Waals surface area contributed by atoms with Crippen molar-refractivity contribution in [2.45, 2.75) is 0 Å². The zero-order valence-electron chi connectivity index (χ0n) is 8.08. The van der Waals surface area contributed by atoms with E-state index in [1.165, 1.54) is 0 Å². The number of rotatable bonds is 2. The van der Waals surface area contributed by atoms with Crippen molar-refractivity contribution < 1.29 is 14.7 Å². The molecular formula is C8H10BN3O3. The first-order valence-electron chi connectivity index (χ1n) is 4.33. The van der Waals surface area contributed by atoms with Crippen molar-refractivity contribution in [3.05, 3.63) is 18.2 Å². The van der Waals surface area contributed by atoms with Crippen molar-refractivity contribution in [1.82, 2.24) is 9.55 Å². The molecule has 78 valence electrons. The lowest BCUT2D eigenvalue weighted by Gasteiger charge is -2.04. The first-order valence-corrected chi connectivity index (χ1v) is 4.33. The van der Waals surface area contributed by atoms with Crippen LogP contribution in [-0.2, 0) is 7.05 Å². The van der Waals surface area contributed by atoms with Crippen molar-refractivity contribution in [1.29, 1.82) is 0 Å². The minimum absolute atomic E-state index is 0.287. The van der Waals surface area contributed by atoms with Gasteiger partial charge in [0.25, 0.3) is 0 Å². The molecular weight excluding hydrogens is 197 g/mol. The normalized spacial score (nSPS) is 10.6. The number of aryl methyl sites for hydroxylation is 1. The van der Waals surface area contributed by atoms with Crippen LogP contribution in [0.3, 0.4) is 0 Å². The summed E-state index contributed by atoms with van der Waals surface area (Å²) in [5, 5.41) is 17.4. The van der Waals surface area contributed by atoms with Crippen LogP contribution in [0.25, 0.3) is 11.0 Å². The fourth-order valence-corrected chi connectivity index (χ4v) is 1.42. The van der Waals surface area contributed by atoms with Crippen LogP contribution < -0.4 is 10.4 Å². The Labute approximate surface area is 86.1 Å². The third kappa shape index (κ3) is 1.62. The van der Waals surface area contributed by atoms with Gasteiger partial charge in [-0.1, -0.05) is 6.07 Å². The van der Waals surface area contributed by atoms with Crippen LogP contribution in [0.15, 0.2) is 18.2 Å². The molecule has 0 spiro atoms. The maximum Gasteiger partial charge on any atom is 0.707 e. The van der Waals surface area contributed by atoms with Gasteiger partial charge in [0.05, 0.1) is 5.52 Å². The van der Waals surface area contributed by atoms with E-state index in [1.807, 2.05) is 6.07 Å². The molecule has 0 aliphatic heterocycles. The summed E-state index contributed by atoms with van der Waals surface area (Å²) in [6, 6.07) is 5.13. The predicted molar refractivity (Wildman–Crippen MR) is 55.9 cm³/mol. The summed E-state index contributed by atoms with van der Waals surface area (Å²) >= 11 is 0. The Morgan fingerprint density at radius 3 is 2.87 bits per heavy atom. The quantitative estimate of drug-likeness (QED) is 0.577. The minimum atomic E-state index is -1.86. The van der Waals surface area contributed by atoms with Gasteiger partial charge in [-0.05, 0) is 12.1 Å². The van der Waals surface area contributed by atoms with E-state index >= 15 is 0 Å². The molecule has 2 aromatic rings. The molecule has 0 aliphatic carbocycles. The number of benzene rings is 1. The van der Waals surface area contributed by atoms with Gasteiger partial charge in [0.15, 0.2) is 0 Å². The summed E-state index contributed by atoms with van der Waals surface area (Å²) in [4.78, 5) is 4.06. The van der Waals surface area contributed by atoms with E-state index in [1.54, 1.807) is 23.7 Å². The summed E-state index contributed by atoms with van der Waals surface area (Å²) in [5.41, 5.74) is 6.90. The molecule has 2 rings (SSSR count). The summed E-state index contributed by atoms with van der Waals surface area (Å²) < 4.78 is 6.46. The van der Waals surface area contributed by atoms with Crippen molar-refractivity contribution in [2.75, 3.05) is 5.73 Å². The molecule has 0 bridgehead atoms.